The van der Waals surface area contributed by atoms with E-state index < -0.39 is 0 Å². The van der Waals surface area contributed by atoms with Crippen LogP contribution in [0.4, 0.5) is 0 Å². The molecule has 0 radical (unpaired) electrons. The van der Waals surface area contributed by atoms with Gasteiger partial charge in [0.2, 0.25) is 5.91 Å². The molecule has 2 atom stereocenters. The maximum absolute atomic E-state index is 11.4. The molecule has 1 amide bonds. The lowest BCUT2D eigenvalue weighted by atomic mass is 9.95. The van der Waals surface area contributed by atoms with Crippen molar-refractivity contribution in [2.24, 2.45) is 0 Å². The molecule has 0 unspecified atom stereocenters. The number of rotatable bonds is 7. The van der Waals surface area contributed by atoms with E-state index in [1.165, 1.54) is 16.7 Å². The van der Waals surface area contributed by atoms with E-state index in [0.29, 0.717) is 12.6 Å². The van der Waals surface area contributed by atoms with E-state index in [-0.39, 0.29) is 12.0 Å². The van der Waals surface area contributed by atoms with Gasteiger partial charge >= 0.3 is 0 Å². The minimum absolute atomic E-state index is 0.0841. The van der Waals surface area contributed by atoms with Gasteiger partial charge in [-0.3, -0.25) is 9.69 Å². The quantitative estimate of drug-likeness (QED) is 0.681. The summed E-state index contributed by atoms with van der Waals surface area (Å²) in [5, 5.41) is 0. The molecular formula is C25H34N2O2. The second-order valence-electron chi connectivity index (χ2n) is 8.21. The molecular weight excluding hydrogens is 360 g/mol. The van der Waals surface area contributed by atoms with E-state index in [9.17, 15) is 4.79 Å². The minimum Gasteiger partial charge on any atom is -0.373 e. The third kappa shape index (κ3) is 5.91. The standard InChI is InChI=1S/C25H34N2O2/c1-5-27(18-22-8-6-7-19(2)15-22)24-13-14-29-25(16-24)23-11-9-21(10-12-23)17-26(4)20(3)28/h6-12,15,24-25H,5,13-14,16-18H2,1-4H3/t24-,25+/m1/s1. The second-order valence-corrected chi connectivity index (χ2v) is 8.21. The molecule has 4 nitrogen and oxygen atoms in total. The van der Waals surface area contributed by atoms with Crippen LogP contribution in [-0.4, -0.2) is 41.9 Å². The van der Waals surface area contributed by atoms with Gasteiger partial charge in [-0.05, 0) is 43.0 Å². The molecule has 4 heteroatoms. The van der Waals surface area contributed by atoms with Gasteiger partial charge in [0.25, 0.3) is 0 Å². The summed E-state index contributed by atoms with van der Waals surface area (Å²) >= 11 is 0. The SMILES string of the molecule is CCN(Cc1cccc(C)c1)[C@@H]1CCO[C@H](c2ccc(CN(C)C(C)=O)cc2)C1. The fraction of sp³-hybridized carbons (Fsp3) is 0.480. The molecule has 3 rings (SSSR count). The zero-order valence-electron chi connectivity index (χ0n) is 18.2. The van der Waals surface area contributed by atoms with E-state index in [0.717, 1.165) is 38.1 Å². The van der Waals surface area contributed by atoms with Crippen molar-refractivity contribution in [3.63, 3.8) is 0 Å². The summed E-state index contributed by atoms with van der Waals surface area (Å²) in [5.41, 5.74) is 5.08. The molecule has 0 spiro atoms. The first-order valence-electron chi connectivity index (χ1n) is 10.7. The summed E-state index contributed by atoms with van der Waals surface area (Å²) in [6.07, 6.45) is 2.24. The molecule has 0 saturated carbocycles. The van der Waals surface area contributed by atoms with Gasteiger partial charge in [0, 0.05) is 39.7 Å². The van der Waals surface area contributed by atoms with Crippen LogP contribution >= 0.6 is 0 Å². The van der Waals surface area contributed by atoms with E-state index in [1.54, 1.807) is 11.8 Å². The number of carbonyl (C=O) groups excluding carboxylic acids is 1. The zero-order valence-corrected chi connectivity index (χ0v) is 18.2. The van der Waals surface area contributed by atoms with Crippen LogP contribution in [0, 0.1) is 6.92 Å². The normalized spacial score (nSPS) is 19.3. The van der Waals surface area contributed by atoms with Crippen molar-refractivity contribution in [2.75, 3.05) is 20.2 Å². The summed E-state index contributed by atoms with van der Waals surface area (Å²) in [4.78, 5) is 15.8. The Morgan fingerprint density at radius 2 is 1.86 bits per heavy atom. The molecule has 1 fully saturated rings. The van der Waals surface area contributed by atoms with Gasteiger partial charge in [-0.1, -0.05) is 61.0 Å². The lowest BCUT2D eigenvalue weighted by Crippen LogP contribution is -2.39. The number of amides is 1. The fourth-order valence-electron chi connectivity index (χ4n) is 4.11. The van der Waals surface area contributed by atoms with Gasteiger partial charge in [0.1, 0.15) is 0 Å². The van der Waals surface area contributed by atoms with Gasteiger partial charge < -0.3 is 9.64 Å². The molecule has 1 heterocycles. The van der Waals surface area contributed by atoms with E-state index in [1.807, 2.05) is 7.05 Å². The highest BCUT2D eigenvalue weighted by Gasteiger charge is 2.27. The Labute approximate surface area is 175 Å². The number of carbonyl (C=O) groups is 1. The van der Waals surface area contributed by atoms with Crippen LogP contribution in [0.3, 0.4) is 0 Å². The highest BCUT2D eigenvalue weighted by molar-refractivity contribution is 5.72. The highest BCUT2D eigenvalue weighted by Crippen LogP contribution is 2.31. The van der Waals surface area contributed by atoms with Crippen LogP contribution in [0.5, 0.6) is 0 Å². The van der Waals surface area contributed by atoms with E-state index in [2.05, 4.69) is 67.3 Å². The minimum atomic E-state index is 0.0841. The first kappa shape index (κ1) is 21.5. The third-order valence-corrected chi connectivity index (χ3v) is 5.96. The van der Waals surface area contributed by atoms with Gasteiger partial charge in [-0.2, -0.15) is 0 Å². The number of ether oxygens (including phenoxy) is 1. The van der Waals surface area contributed by atoms with Crippen molar-refractivity contribution in [3.8, 4) is 0 Å². The Bertz CT molecular complexity index is 803. The molecule has 0 bridgehead atoms. The molecule has 156 valence electrons. The van der Waals surface area contributed by atoms with Crippen molar-refractivity contribution in [1.82, 2.24) is 9.80 Å². The largest absolute Gasteiger partial charge is 0.373 e. The van der Waals surface area contributed by atoms with Crippen molar-refractivity contribution >= 4 is 5.91 Å². The maximum Gasteiger partial charge on any atom is 0.219 e. The third-order valence-electron chi connectivity index (χ3n) is 5.96. The van der Waals surface area contributed by atoms with Crippen molar-refractivity contribution in [1.29, 1.82) is 0 Å². The van der Waals surface area contributed by atoms with Crippen molar-refractivity contribution < 1.29 is 9.53 Å². The lowest BCUT2D eigenvalue weighted by Gasteiger charge is -2.37. The molecule has 1 aliphatic rings. The molecule has 2 aromatic carbocycles. The summed E-state index contributed by atoms with van der Waals surface area (Å²) in [6.45, 7) is 9.48. The van der Waals surface area contributed by atoms with Gasteiger partial charge in [-0.15, -0.1) is 0 Å². The Morgan fingerprint density at radius 3 is 2.52 bits per heavy atom. The fourth-order valence-corrected chi connectivity index (χ4v) is 4.11. The molecule has 2 aromatic rings. The van der Waals surface area contributed by atoms with Crippen LogP contribution in [0.2, 0.25) is 0 Å². The van der Waals surface area contributed by atoms with Crippen molar-refractivity contribution in [2.45, 2.75) is 58.8 Å². The number of benzene rings is 2. The maximum atomic E-state index is 11.4. The van der Waals surface area contributed by atoms with Gasteiger partial charge in [0.05, 0.1) is 6.10 Å². The molecule has 0 N–H and O–H groups in total. The van der Waals surface area contributed by atoms with Crippen LogP contribution < -0.4 is 0 Å². The number of aryl methyl sites for hydroxylation is 1. The summed E-state index contributed by atoms with van der Waals surface area (Å²) < 4.78 is 6.13. The Kier molecular flexibility index (Phi) is 7.45. The molecule has 0 aromatic heterocycles. The predicted molar refractivity (Wildman–Crippen MR) is 118 cm³/mol. The molecule has 29 heavy (non-hydrogen) atoms. The van der Waals surface area contributed by atoms with Gasteiger partial charge in [0.15, 0.2) is 0 Å². The average molecular weight is 395 g/mol. The Hall–Kier alpha value is -2.17. The number of nitrogens with zero attached hydrogens (tertiary/aromatic N) is 2. The monoisotopic (exact) mass is 394 g/mol. The van der Waals surface area contributed by atoms with Crippen LogP contribution in [0.25, 0.3) is 0 Å². The lowest BCUT2D eigenvalue weighted by molar-refractivity contribution is -0.128. The average Bonchev–Trinajstić information content (AvgIpc) is 2.72. The smallest absolute Gasteiger partial charge is 0.219 e. The molecule has 1 saturated heterocycles. The van der Waals surface area contributed by atoms with E-state index >= 15 is 0 Å². The second kappa shape index (κ2) is 10.0. The Balaban J connectivity index is 1.64. The first-order valence-corrected chi connectivity index (χ1v) is 10.7. The van der Waals surface area contributed by atoms with Crippen LogP contribution in [0.15, 0.2) is 48.5 Å². The topological polar surface area (TPSA) is 32.8 Å². The molecule has 1 aliphatic heterocycles. The Morgan fingerprint density at radius 1 is 1.10 bits per heavy atom. The summed E-state index contributed by atoms with van der Waals surface area (Å²) in [6, 6.07) is 17.9. The van der Waals surface area contributed by atoms with E-state index in [4.69, 9.17) is 4.74 Å². The number of hydrogen-bond acceptors (Lipinski definition) is 3. The zero-order chi connectivity index (χ0) is 20.8. The van der Waals surface area contributed by atoms with Crippen LogP contribution in [0.1, 0.15) is 55.0 Å². The van der Waals surface area contributed by atoms with Crippen LogP contribution in [-0.2, 0) is 22.6 Å². The molecule has 0 aliphatic carbocycles. The van der Waals surface area contributed by atoms with Gasteiger partial charge in [-0.25, -0.2) is 0 Å². The predicted octanol–water partition coefficient (Wildman–Crippen LogP) is 4.72. The highest BCUT2D eigenvalue weighted by atomic mass is 16.5. The summed E-state index contributed by atoms with van der Waals surface area (Å²) in [5.74, 6) is 0.0841. The number of hydrogen-bond donors (Lipinski definition) is 0. The van der Waals surface area contributed by atoms with Crippen molar-refractivity contribution in [3.05, 3.63) is 70.8 Å². The first-order chi connectivity index (χ1) is 14.0. The summed E-state index contributed by atoms with van der Waals surface area (Å²) in [7, 11) is 1.83.